The molecule has 7 nitrogen and oxygen atoms in total. The van der Waals surface area contributed by atoms with Gasteiger partial charge in [-0.3, -0.25) is 9.69 Å². The van der Waals surface area contributed by atoms with Crippen LogP contribution in [0.15, 0.2) is 57.1 Å². The molecule has 0 spiro atoms. The van der Waals surface area contributed by atoms with Gasteiger partial charge in [-0.1, -0.05) is 24.3 Å². The standard InChI is InChI=1S/C19H20N4O3S/c24-17(20-15-7-2-1-3-8-15)14-6-4-10-22(12-14)13-23-19(25)26-18(21-23)16-9-5-11-27-16/h1-3,5,7-9,11,14H,4,6,10,12-13H2,(H,20,24)/t14-/m1/s1. The monoisotopic (exact) mass is 384 g/mol. The lowest BCUT2D eigenvalue weighted by Crippen LogP contribution is -2.42. The first-order valence-corrected chi connectivity index (χ1v) is 9.77. The third kappa shape index (κ3) is 4.17. The number of amides is 1. The van der Waals surface area contributed by atoms with Gasteiger partial charge in [0.25, 0.3) is 5.89 Å². The van der Waals surface area contributed by atoms with E-state index in [9.17, 15) is 9.59 Å². The Balaban J connectivity index is 1.40. The molecule has 4 rings (SSSR count). The van der Waals surface area contributed by atoms with E-state index in [0.29, 0.717) is 19.1 Å². The Bertz CT molecular complexity index is 949. The van der Waals surface area contributed by atoms with Crippen LogP contribution < -0.4 is 11.1 Å². The van der Waals surface area contributed by atoms with Gasteiger partial charge in [0.05, 0.1) is 10.8 Å². The lowest BCUT2D eigenvalue weighted by molar-refractivity contribution is -0.121. The fourth-order valence-electron chi connectivity index (χ4n) is 3.25. The largest absolute Gasteiger partial charge is 0.438 e. The second-order valence-electron chi connectivity index (χ2n) is 6.56. The fraction of sp³-hybridized carbons (Fsp3) is 0.316. The van der Waals surface area contributed by atoms with Crippen LogP contribution in [-0.4, -0.2) is 33.7 Å². The van der Waals surface area contributed by atoms with Crippen LogP contribution in [0.5, 0.6) is 0 Å². The lowest BCUT2D eigenvalue weighted by Gasteiger charge is -2.31. The molecule has 1 fully saturated rings. The van der Waals surface area contributed by atoms with Crippen molar-refractivity contribution >= 4 is 22.9 Å². The number of nitrogens with one attached hydrogen (secondary N) is 1. The van der Waals surface area contributed by atoms with Gasteiger partial charge in [-0.2, -0.15) is 4.68 Å². The summed E-state index contributed by atoms with van der Waals surface area (Å²) in [7, 11) is 0. The summed E-state index contributed by atoms with van der Waals surface area (Å²) in [6.45, 7) is 1.73. The van der Waals surface area contributed by atoms with Crippen molar-refractivity contribution in [2.45, 2.75) is 19.5 Å². The summed E-state index contributed by atoms with van der Waals surface area (Å²) in [5.74, 6) is -0.240. The van der Waals surface area contributed by atoms with Crippen molar-refractivity contribution in [3.8, 4) is 10.8 Å². The molecule has 3 heterocycles. The minimum Gasteiger partial charge on any atom is -0.387 e. The van der Waals surface area contributed by atoms with Crippen molar-refractivity contribution in [1.29, 1.82) is 0 Å². The van der Waals surface area contributed by atoms with Crippen LogP contribution >= 0.6 is 11.3 Å². The zero-order chi connectivity index (χ0) is 18.6. The smallest absolute Gasteiger partial charge is 0.387 e. The number of hydrogen-bond donors (Lipinski definition) is 1. The summed E-state index contributed by atoms with van der Waals surface area (Å²) < 4.78 is 6.58. The third-order valence-electron chi connectivity index (χ3n) is 4.59. The highest BCUT2D eigenvalue weighted by Crippen LogP contribution is 2.22. The van der Waals surface area contributed by atoms with Crippen molar-refractivity contribution in [1.82, 2.24) is 14.7 Å². The van der Waals surface area contributed by atoms with Gasteiger partial charge in [-0.25, -0.2) is 4.79 Å². The summed E-state index contributed by atoms with van der Waals surface area (Å²) in [5.41, 5.74) is 0.799. The number of nitrogens with zero attached hydrogens (tertiary/aromatic N) is 3. The van der Waals surface area contributed by atoms with Gasteiger partial charge in [-0.05, 0) is 43.0 Å². The van der Waals surface area contributed by atoms with E-state index in [1.54, 1.807) is 0 Å². The molecule has 1 aliphatic rings. The Labute approximate surface area is 160 Å². The lowest BCUT2D eigenvalue weighted by atomic mass is 9.97. The Morgan fingerprint density at radius 1 is 1.26 bits per heavy atom. The van der Waals surface area contributed by atoms with Crippen LogP contribution in [0.3, 0.4) is 0 Å². The maximum absolute atomic E-state index is 12.6. The zero-order valence-corrected chi connectivity index (χ0v) is 15.5. The molecular weight excluding hydrogens is 364 g/mol. The molecule has 0 aliphatic carbocycles. The molecule has 140 valence electrons. The molecule has 27 heavy (non-hydrogen) atoms. The number of thiophene rings is 1. The summed E-state index contributed by atoms with van der Waals surface area (Å²) in [6, 6.07) is 13.2. The Morgan fingerprint density at radius 2 is 2.11 bits per heavy atom. The highest BCUT2D eigenvalue weighted by atomic mass is 32.1. The van der Waals surface area contributed by atoms with Gasteiger partial charge >= 0.3 is 5.76 Å². The third-order valence-corrected chi connectivity index (χ3v) is 5.45. The number of aromatic nitrogens is 2. The molecule has 0 radical (unpaired) electrons. The van der Waals surface area contributed by atoms with Crippen molar-refractivity contribution < 1.29 is 9.21 Å². The second-order valence-corrected chi connectivity index (χ2v) is 7.51. The average Bonchev–Trinajstić information content (AvgIpc) is 3.33. The van der Waals surface area contributed by atoms with Crippen LogP contribution in [0.1, 0.15) is 12.8 Å². The number of hydrogen-bond acceptors (Lipinski definition) is 6. The molecule has 0 saturated carbocycles. The van der Waals surface area contributed by atoms with Crippen molar-refractivity contribution in [3.63, 3.8) is 0 Å². The number of carbonyl (C=O) groups excluding carboxylic acids is 1. The molecular formula is C19H20N4O3S. The van der Waals surface area contributed by atoms with E-state index in [1.807, 2.05) is 47.8 Å². The number of para-hydroxylation sites is 1. The number of carbonyl (C=O) groups is 1. The maximum Gasteiger partial charge on any atom is 0.438 e. The van der Waals surface area contributed by atoms with Gasteiger partial charge in [0.1, 0.15) is 6.67 Å². The first-order valence-electron chi connectivity index (χ1n) is 8.89. The van der Waals surface area contributed by atoms with E-state index >= 15 is 0 Å². The Kier molecular flexibility index (Phi) is 5.17. The van der Waals surface area contributed by atoms with Gasteiger partial charge in [0.2, 0.25) is 5.91 Å². The minimum absolute atomic E-state index is 0.0117. The molecule has 1 aliphatic heterocycles. The molecule has 1 saturated heterocycles. The van der Waals surface area contributed by atoms with Crippen molar-refractivity contribution in [2.24, 2.45) is 5.92 Å². The van der Waals surface area contributed by atoms with E-state index < -0.39 is 5.76 Å². The quantitative estimate of drug-likeness (QED) is 0.732. The molecule has 0 bridgehead atoms. The van der Waals surface area contributed by atoms with Gasteiger partial charge in [0.15, 0.2) is 0 Å². The summed E-state index contributed by atoms with van der Waals surface area (Å²) in [5, 5.41) is 9.16. The van der Waals surface area contributed by atoms with Crippen LogP contribution in [0, 0.1) is 5.92 Å². The van der Waals surface area contributed by atoms with E-state index in [1.165, 1.54) is 16.0 Å². The minimum atomic E-state index is -0.478. The predicted octanol–water partition coefficient (Wildman–Crippen LogP) is 2.87. The van der Waals surface area contributed by atoms with E-state index in [-0.39, 0.29) is 11.8 Å². The van der Waals surface area contributed by atoms with Gasteiger partial charge in [0, 0.05) is 12.2 Å². The molecule has 8 heteroatoms. The van der Waals surface area contributed by atoms with Crippen molar-refractivity contribution in [2.75, 3.05) is 18.4 Å². The first kappa shape index (κ1) is 17.7. The highest BCUT2D eigenvalue weighted by Gasteiger charge is 2.27. The second kappa shape index (κ2) is 7.89. The molecule has 1 aromatic carbocycles. The van der Waals surface area contributed by atoms with Crippen LogP contribution in [-0.2, 0) is 11.5 Å². The van der Waals surface area contributed by atoms with Crippen LogP contribution in [0.4, 0.5) is 5.69 Å². The molecule has 1 amide bonds. The van der Waals surface area contributed by atoms with Crippen LogP contribution in [0.25, 0.3) is 10.8 Å². The average molecular weight is 384 g/mol. The van der Waals surface area contributed by atoms with E-state index in [0.717, 1.165) is 30.0 Å². The summed E-state index contributed by atoms with van der Waals surface area (Å²) >= 11 is 1.47. The molecule has 1 atom stereocenters. The van der Waals surface area contributed by atoms with Crippen LogP contribution in [0.2, 0.25) is 0 Å². The van der Waals surface area contributed by atoms with Crippen molar-refractivity contribution in [3.05, 3.63) is 58.4 Å². The highest BCUT2D eigenvalue weighted by molar-refractivity contribution is 7.13. The SMILES string of the molecule is O=C(Nc1ccccc1)[C@@H]1CCCN(Cn2nc(-c3cccs3)oc2=O)C1. The van der Waals surface area contributed by atoms with Gasteiger partial charge in [-0.15, -0.1) is 16.4 Å². The molecule has 0 unspecified atom stereocenters. The predicted molar refractivity (Wildman–Crippen MR) is 103 cm³/mol. The normalized spacial score (nSPS) is 17.7. The maximum atomic E-state index is 12.6. The topological polar surface area (TPSA) is 80.4 Å². The summed E-state index contributed by atoms with van der Waals surface area (Å²) in [4.78, 5) is 27.5. The number of rotatable bonds is 5. The van der Waals surface area contributed by atoms with E-state index in [2.05, 4.69) is 15.3 Å². The Morgan fingerprint density at radius 3 is 2.89 bits per heavy atom. The molecule has 1 N–H and O–H groups in total. The number of benzene rings is 1. The summed E-state index contributed by atoms with van der Waals surface area (Å²) in [6.07, 6.45) is 1.74. The number of anilines is 1. The first-order chi connectivity index (χ1) is 13.2. The molecule has 2 aromatic heterocycles. The zero-order valence-electron chi connectivity index (χ0n) is 14.7. The molecule has 3 aromatic rings. The number of piperidine rings is 1. The van der Waals surface area contributed by atoms with E-state index in [4.69, 9.17) is 4.42 Å². The van der Waals surface area contributed by atoms with Gasteiger partial charge < -0.3 is 9.73 Å². The number of likely N-dealkylation sites (tertiary alicyclic amines) is 1. The fourth-order valence-corrected chi connectivity index (χ4v) is 3.89. The Hall–Kier alpha value is -2.71.